The number of aromatic nitrogens is 3. The molecule has 84 valence electrons. The second kappa shape index (κ2) is 4.14. The summed E-state index contributed by atoms with van der Waals surface area (Å²) < 4.78 is 1.78. The Hall–Kier alpha value is -1.55. The van der Waals surface area contributed by atoms with E-state index < -0.39 is 0 Å². The van der Waals surface area contributed by atoms with Gasteiger partial charge < -0.3 is 5.73 Å². The van der Waals surface area contributed by atoms with Crippen molar-refractivity contribution in [2.75, 3.05) is 5.73 Å². The average molecular weight is 237 g/mol. The highest BCUT2D eigenvalue weighted by Crippen LogP contribution is 2.23. The molecule has 0 aliphatic heterocycles. The zero-order chi connectivity index (χ0) is 11.7. The van der Waals surface area contributed by atoms with Gasteiger partial charge in [-0.3, -0.25) is 9.67 Å². The molecule has 0 fully saturated rings. The summed E-state index contributed by atoms with van der Waals surface area (Å²) in [6.07, 6.45) is 4.08. The van der Waals surface area contributed by atoms with Crippen LogP contribution in [0, 0.1) is 6.92 Å². The quantitative estimate of drug-likeness (QED) is 0.867. The first-order valence-corrected chi connectivity index (χ1v) is 5.33. The number of nitrogens with two attached hydrogens (primary N) is 1. The van der Waals surface area contributed by atoms with Crippen LogP contribution in [0.4, 0.5) is 5.69 Å². The standard InChI is InChI=1S/C11H13ClN4/c1-7-11(12)10(16(2)15-7)5-8-6-14-4-3-9(8)13/h3-4,6H,5H2,1-2H3,(H2,13,14). The van der Waals surface area contributed by atoms with Crippen LogP contribution in [0.3, 0.4) is 0 Å². The molecule has 0 spiro atoms. The molecule has 0 aliphatic carbocycles. The lowest BCUT2D eigenvalue weighted by molar-refractivity contribution is 0.716. The first-order chi connectivity index (χ1) is 7.59. The maximum atomic E-state index is 6.17. The van der Waals surface area contributed by atoms with Crippen LogP contribution in [0.5, 0.6) is 0 Å². The van der Waals surface area contributed by atoms with E-state index in [1.165, 1.54) is 0 Å². The van der Waals surface area contributed by atoms with Crippen LogP contribution in [0.15, 0.2) is 18.5 Å². The summed E-state index contributed by atoms with van der Waals surface area (Å²) in [7, 11) is 1.88. The Labute approximate surface area is 99.1 Å². The van der Waals surface area contributed by atoms with E-state index in [-0.39, 0.29) is 0 Å². The van der Waals surface area contributed by atoms with Gasteiger partial charge in [0.25, 0.3) is 0 Å². The molecule has 16 heavy (non-hydrogen) atoms. The summed E-state index contributed by atoms with van der Waals surface area (Å²) in [5.74, 6) is 0. The highest BCUT2D eigenvalue weighted by Gasteiger charge is 2.12. The number of aryl methyl sites for hydroxylation is 2. The third-order valence-corrected chi connectivity index (χ3v) is 3.05. The number of anilines is 1. The van der Waals surface area contributed by atoms with E-state index in [2.05, 4.69) is 10.1 Å². The lowest BCUT2D eigenvalue weighted by atomic mass is 10.1. The van der Waals surface area contributed by atoms with Gasteiger partial charge in [-0.1, -0.05) is 11.6 Å². The monoisotopic (exact) mass is 236 g/mol. The van der Waals surface area contributed by atoms with Crippen molar-refractivity contribution in [3.05, 3.63) is 40.4 Å². The molecule has 2 heterocycles. The van der Waals surface area contributed by atoms with E-state index in [1.807, 2.05) is 14.0 Å². The summed E-state index contributed by atoms with van der Waals surface area (Å²) in [6.45, 7) is 1.89. The van der Waals surface area contributed by atoms with Crippen molar-refractivity contribution < 1.29 is 0 Å². The van der Waals surface area contributed by atoms with Crippen molar-refractivity contribution in [3.63, 3.8) is 0 Å². The molecule has 2 aromatic heterocycles. The fourth-order valence-corrected chi connectivity index (χ4v) is 1.87. The van der Waals surface area contributed by atoms with Gasteiger partial charge in [0.1, 0.15) is 0 Å². The van der Waals surface area contributed by atoms with Crippen molar-refractivity contribution in [2.24, 2.45) is 7.05 Å². The predicted octanol–water partition coefficient (Wildman–Crippen LogP) is 1.95. The summed E-state index contributed by atoms with van der Waals surface area (Å²) in [5, 5.41) is 4.96. The minimum absolute atomic E-state index is 0.649. The van der Waals surface area contributed by atoms with E-state index in [4.69, 9.17) is 17.3 Å². The van der Waals surface area contributed by atoms with Gasteiger partial charge in [0.15, 0.2) is 0 Å². The summed E-state index contributed by atoms with van der Waals surface area (Å²) in [6, 6.07) is 1.78. The van der Waals surface area contributed by atoms with Gasteiger partial charge in [0.2, 0.25) is 0 Å². The second-order valence-corrected chi connectivity index (χ2v) is 4.10. The Morgan fingerprint density at radius 1 is 1.50 bits per heavy atom. The molecule has 5 heteroatoms. The van der Waals surface area contributed by atoms with Gasteiger partial charge >= 0.3 is 0 Å². The molecular weight excluding hydrogens is 224 g/mol. The fourth-order valence-electron chi connectivity index (χ4n) is 1.64. The Kier molecular flexibility index (Phi) is 2.83. The normalized spacial score (nSPS) is 10.7. The van der Waals surface area contributed by atoms with Crippen molar-refractivity contribution >= 4 is 17.3 Å². The van der Waals surface area contributed by atoms with Crippen LogP contribution < -0.4 is 5.73 Å². The molecule has 2 rings (SSSR count). The van der Waals surface area contributed by atoms with Crippen molar-refractivity contribution in [1.82, 2.24) is 14.8 Å². The lowest BCUT2D eigenvalue weighted by Gasteiger charge is -2.05. The largest absolute Gasteiger partial charge is 0.398 e. The van der Waals surface area contributed by atoms with Gasteiger partial charge in [-0.15, -0.1) is 0 Å². The van der Waals surface area contributed by atoms with E-state index in [1.54, 1.807) is 23.1 Å². The van der Waals surface area contributed by atoms with E-state index in [9.17, 15) is 0 Å². The van der Waals surface area contributed by atoms with Crippen molar-refractivity contribution in [1.29, 1.82) is 0 Å². The van der Waals surface area contributed by atoms with Crippen LogP contribution in [-0.2, 0) is 13.5 Å². The molecule has 0 bridgehead atoms. The van der Waals surface area contributed by atoms with Gasteiger partial charge in [-0.25, -0.2) is 0 Å². The average Bonchev–Trinajstić information content (AvgIpc) is 2.48. The Balaban J connectivity index is 2.38. The molecule has 2 N–H and O–H groups in total. The number of hydrogen-bond donors (Lipinski definition) is 1. The maximum Gasteiger partial charge on any atom is 0.0850 e. The molecule has 0 saturated carbocycles. The number of pyridine rings is 1. The zero-order valence-electron chi connectivity index (χ0n) is 9.24. The molecule has 0 aliphatic rings. The Bertz CT molecular complexity index is 519. The van der Waals surface area contributed by atoms with E-state index in [0.29, 0.717) is 11.4 Å². The molecule has 0 unspecified atom stereocenters. The smallest absolute Gasteiger partial charge is 0.0850 e. The van der Waals surface area contributed by atoms with E-state index in [0.717, 1.165) is 22.6 Å². The number of halogens is 1. The van der Waals surface area contributed by atoms with Crippen molar-refractivity contribution in [3.8, 4) is 0 Å². The molecule has 0 aromatic carbocycles. The number of nitrogens with zero attached hydrogens (tertiary/aromatic N) is 3. The van der Waals surface area contributed by atoms with Gasteiger partial charge in [-0.05, 0) is 18.6 Å². The minimum Gasteiger partial charge on any atom is -0.398 e. The zero-order valence-corrected chi connectivity index (χ0v) is 9.99. The van der Waals surface area contributed by atoms with Gasteiger partial charge in [0, 0.05) is 31.5 Å². The molecule has 0 saturated heterocycles. The molecule has 0 amide bonds. The van der Waals surface area contributed by atoms with Crippen LogP contribution in [0.1, 0.15) is 17.0 Å². The van der Waals surface area contributed by atoms with Crippen LogP contribution in [-0.4, -0.2) is 14.8 Å². The molecule has 4 nitrogen and oxygen atoms in total. The fraction of sp³-hybridized carbons (Fsp3) is 0.273. The third kappa shape index (κ3) is 1.88. The van der Waals surface area contributed by atoms with Gasteiger partial charge in [-0.2, -0.15) is 5.10 Å². The van der Waals surface area contributed by atoms with Crippen LogP contribution >= 0.6 is 11.6 Å². The Morgan fingerprint density at radius 3 is 2.81 bits per heavy atom. The molecular formula is C11H13ClN4. The highest BCUT2D eigenvalue weighted by molar-refractivity contribution is 6.31. The molecule has 2 aromatic rings. The highest BCUT2D eigenvalue weighted by atomic mass is 35.5. The molecule has 0 radical (unpaired) electrons. The lowest BCUT2D eigenvalue weighted by Crippen LogP contribution is -2.02. The number of hydrogen-bond acceptors (Lipinski definition) is 3. The van der Waals surface area contributed by atoms with Gasteiger partial charge in [0.05, 0.1) is 16.4 Å². The maximum absolute atomic E-state index is 6.17. The van der Waals surface area contributed by atoms with Crippen molar-refractivity contribution in [2.45, 2.75) is 13.3 Å². The summed E-state index contributed by atoms with van der Waals surface area (Å²) in [5.41, 5.74) is 9.35. The van der Waals surface area contributed by atoms with E-state index >= 15 is 0 Å². The third-order valence-electron chi connectivity index (χ3n) is 2.56. The summed E-state index contributed by atoms with van der Waals surface area (Å²) in [4.78, 5) is 4.06. The minimum atomic E-state index is 0.649. The Morgan fingerprint density at radius 2 is 2.25 bits per heavy atom. The first-order valence-electron chi connectivity index (χ1n) is 4.96. The van der Waals surface area contributed by atoms with Crippen LogP contribution in [0.2, 0.25) is 5.02 Å². The predicted molar refractivity (Wildman–Crippen MR) is 64.4 cm³/mol. The molecule has 0 atom stereocenters. The SMILES string of the molecule is Cc1nn(C)c(Cc2cnccc2N)c1Cl. The number of rotatable bonds is 2. The topological polar surface area (TPSA) is 56.7 Å². The second-order valence-electron chi connectivity index (χ2n) is 3.72. The van der Waals surface area contributed by atoms with Crippen LogP contribution in [0.25, 0.3) is 0 Å². The number of nitrogen functional groups attached to an aromatic ring is 1. The first kappa shape index (κ1) is 11.0. The summed E-state index contributed by atoms with van der Waals surface area (Å²) >= 11 is 6.17.